The fraction of sp³-hybridized carbons (Fsp3) is 0.364. The molecule has 10 heteroatoms. The molecule has 0 aromatic heterocycles. The number of hydrogen-bond donors (Lipinski definition) is 4. The summed E-state index contributed by atoms with van der Waals surface area (Å²) in [6.07, 6.45) is 0.297. The Balaban J connectivity index is 1.51. The van der Waals surface area contributed by atoms with E-state index in [0.717, 1.165) is 33.6 Å². The molecule has 3 aromatic carbocycles. The van der Waals surface area contributed by atoms with E-state index in [0.29, 0.717) is 24.8 Å². The van der Waals surface area contributed by atoms with Gasteiger partial charge in [0.2, 0.25) is 5.91 Å². The van der Waals surface area contributed by atoms with Crippen molar-refractivity contribution in [2.75, 3.05) is 26.3 Å². The first-order valence-corrected chi connectivity index (χ1v) is 14.6. The number of aromatic hydroxyl groups is 2. The van der Waals surface area contributed by atoms with Crippen LogP contribution < -0.4 is 11.1 Å². The van der Waals surface area contributed by atoms with E-state index < -0.39 is 24.1 Å². The molecule has 1 atom stereocenters. The minimum atomic E-state index is -1.21. The number of ether oxygens (including phenoxy) is 2. The van der Waals surface area contributed by atoms with Crippen LogP contribution in [0.5, 0.6) is 11.5 Å². The smallest absolute Gasteiger partial charge is 0.420 e. The van der Waals surface area contributed by atoms with Crippen molar-refractivity contribution < 1.29 is 34.1 Å². The molecule has 3 amide bonds. The normalized spacial score (nSPS) is 12.6. The molecule has 10 nitrogen and oxygen atoms in total. The molecule has 0 unspecified atom stereocenters. The summed E-state index contributed by atoms with van der Waals surface area (Å²) in [6.45, 7) is 2.42. The van der Waals surface area contributed by atoms with Crippen LogP contribution in [0.1, 0.15) is 55.2 Å². The average molecular weight is 590 g/mol. The number of phenols is 2. The number of benzene rings is 3. The average Bonchev–Trinajstić information content (AvgIpc) is 3.33. The monoisotopic (exact) mass is 589 g/mol. The van der Waals surface area contributed by atoms with Gasteiger partial charge in [-0.1, -0.05) is 67.9 Å². The number of carbonyl (C=O) groups is 3. The number of hydrogen-bond acceptors (Lipinski definition) is 8. The predicted molar refractivity (Wildman–Crippen MR) is 162 cm³/mol. The number of nitrogens with one attached hydrogen (secondary N) is 1. The largest absolute Gasteiger partial charge is 0.504 e. The standard InChI is InChI=1S/C33H39N3O7/c1-2-3-19-42-32(40)36(28(13-8-17-34)31(39)35-18-16-22-14-15-29(37)30(38)20-22)33(41)43-21-27-25-11-6-4-9-23(25)24-10-5-7-12-26(24)27/h4-7,9-12,14-15,20,27-28,37-38H,2-3,8,13,16-19,21,34H2,1H3,(H,35,39)/t28-/m0/s1. The van der Waals surface area contributed by atoms with Gasteiger partial charge in [0.25, 0.3) is 0 Å². The Morgan fingerprint density at radius 1 is 0.907 bits per heavy atom. The van der Waals surface area contributed by atoms with Gasteiger partial charge in [-0.2, -0.15) is 4.90 Å². The van der Waals surface area contributed by atoms with Crippen LogP contribution in [-0.2, 0) is 20.7 Å². The highest BCUT2D eigenvalue weighted by molar-refractivity contribution is 5.95. The maximum Gasteiger partial charge on any atom is 0.420 e. The van der Waals surface area contributed by atoms with Crippen molar-refractivity contribution in [3.63, 3.8) is 0 Å². The van der Waals surface area contributed by atoms with Gasteiger partial charge in [-0.05, 0) is 72.2 Å². The summed E-state index contributed by atoms with van der Waals surface area (Å²) in [7, 11) is 0. The number of imide groups is 1. The van der Waals surface area contributed by atoms with Crippen molar-refractivity contribution in [2.24, 2.45) is 5.73 Å². The summed E-state index contributed by atoms with van der Waals surface area (Å²) in [6, 6.07) is 19.0. The quantitative estimate of drug-likeness (QED) is 0.160. The number of nitrogens with zero attached hydrogens (tertiary/aromatic N) is 1. The number of carbonyl (C=O) groups excluding carboxylic acids is 3. The summed E-state index contributed by atoms with van der Waals surface area (Å²) >= 11 is 0. The van der Waals surface area contributed by atoms with Gasteiger partial charge in [0.05, 0.1) is 6.61 Å². The van der Waals surface area contributed by atoms with Gasteiger partial charge in [0, 0.05) is 12.5 Å². The van der Waals surface area contributed by atoms with E-state index in [9.17, 15) is 24.6 Å². The summed E-state index contributed by atoms with van der Waals surface area (Å²) < 4.78 is 11.1. The third-order valence-corrected chi connectivity index (χ3v) is 7.50. The first-order chi connectivity index (χ1) is 20.8. The molecule has 0 spiro atoms. The molecule has 43 heavy (non-hydrogen) atoms. The number of amides is 3. The van der Waals surface area contributed by atoms with E-state index in [-0.39, 0.29) is 50.1 Å². The number of rotatable bonds is 13. The van der Waals surface area contributed by atoms with Crippen molar-refractivity contribution >= 4 is 18.1 Å². The highest BCUT2D eigenvalue weighted by Gasteiger charge is 2.38. The lowest BCUT2D eigenvalue weighted by atomic mass is 9.98. The summed E-state index contributed by atoms with van der Waals surface area (Å²) in [4.78, 5) is 41.1. The lowest BCUT2D eigenvalue weighted by molar-refractivity contribution is -0.125. The van der Waals surface area contributed by atoms with Gasteiger partial charge in [0.1, 0.15) is 12.6 Å². The van der Waals surface area contributed by atoms with Crippen LogP contribution in [0, 0.1) is 0 Å². The maximum absolute atomic E-state index is 13.6. The summed E-state index contributed by atoms with van der Waals surface area (Å²) in [5.74, 6) is -1.29. The van der Waals surface area contributed by atoms with Crippen LogP contribution in [-0.4, -0.2) is 65.6 Å². The SMILES string of the molecule is CCCCOC(=O)N(C(=O)OCC1c2ccccc2-c2ccccc21)[C@@H](CCCN)C(=O)NCCc1ccc(O)c(O)c1. The first-order valence-electron chi connectivity index (χ1n) is 14.6. The van der Waals surface area contributed by atoms with Gasteiger partial charge in [-0.15, -0.1) is 0 Å². The van der Waals surface area contributed by atoms with E-state index in [4.69, 9.17) is 15.2 Å². The predicted octanol–water partition coefficient (Wildman–Crippen LogP) is 5.05. The molecule has 0 aliphatic heterocycles. The second kappa shape index (κ2) is 15.1. The Labute approximate surface area is 251 Å². The zero-order valence-corrected chi connectivity index (χ0v) is 24.3. The number of fused-ring (bicyclic) bond motifs is 3. The highest BCUT2D eigenvalue weighted by Crippen LogP contribution is 2.44. The molecule has 0 saturated heterocycles. The molecule has 0 radical (unpaired) electrons. The Hall–Kier alpha value is -4.57. The second-order valence-electron chi connectivity index (χ2n) is 10.5. The van der Waals surface area contributed by atoms with Crippen molar-refractivity contribution in [1.29, 1.82) is 0 Å². The van der Waals surface area contributed by atoms with Crippen LogP contribution in [0.2, 0.25) is 0 Å². The molecule has 1 aliphatic carbocycles. The molecular weight excluding hydrogens is 550 g/mol. The molecule has 228 valence electrons. The third kappa shape index (κ3) is 7.64. The van der Waals surface area contributed by atoms with Crippen LogP contribution in [0.4, 0.5) is 9.59 Å². The zero-order chi connectivity index (χ0) is 30.8. The fourth-order valence-electron chi connectivity index (χ4n) is 5.23. The molecule has 0 heterocycles. The van der Waals surface area contributed by atoms with Crippen molar-refractivity contribution in [3.8, 4) is 22.6 Å². The fourth-order valence-corrected chi connectivity index (χ4v) is 5.23. The van der Waals surface area contributed by atoms with Crippen LogP contribution in [0.3, 0.4) is 0 Å². The molecule has 0 saturated carbocycles. The van der Waals surface area contributed by atoms with E-state index in [1.165, 1.54) is 12.1 Å². The minimum Gasteiger partial charge on any atom is -0.504 e. The third-order valence-electron chi connectivity index (χ3n) is 7.50. The highest BCUT2D eigenvalue weighted by atomic mass is 16.6. The minimum absolute atomic E-state index is 0.0266. The maximum atomic E-state index is 13.6. The molecule has 3 aromatic rings. The Morgan fingerprint density at radius 3 is 2.19 bits per heavy atom. The van der Waals surface area contributed by atoms with Crippen LogP contribution >= 0.6 is 0 Å². The van der Waals surface area contributed by atoms with Gasteiger partial charge < -0.3 is 30.7 Å². The molecule has 0 bridgehead atoms. The van der Waals surface area contributed by atoms with Crippen molar-refractivity contribution in [2.45, 2.75) is 51.0 Å². The first kappa shape index (κ1) is 31.4. The zero-order valence-electron chi connectivity index (χ0n) is 24.3. The van der Waals surface area contributed by atoms with E-state index in [2.05, 4.69) is 5.32 Å². The second-order valence-corrected chi connectivity index (χ2v) is 10.5. The van der Waals surface area contributed by atoms with E-state index in [1.54, 1.807) is 6.07 Å². The van der Waals surface area contributed by atoms with Gasteiger partial charge in [0.15, 0.2) is 11.5 Å². The van der Waals surface area contributed by atoms with Crippen molar-refractivity contribution in [3.05, 3.63) is 83.4 Å². The topological polar surface area (TPSA) is 151 Å². The molecule has 1 aliphatic rings. The molecule has 0 fully saturated rings. The number of phenolic OH excluding ortho intramolecular Hbond substituents is 2. The van der Waals surface area contributed by atoms with E-state index >= 15 is 0 Å². The summed E-state index contributed by atoms with van der Waals surface area (Å²) in [5.41, 5.74) is 10.6. The molecular formula is C33H39N3O7. The van der Waals surface area contributed by atoms with Gasteiger partial charge in [-0.3, -0.25) is 4.79 Å². The van der Waals surface area contributed by atoms with E-state index in [1.807, 2.05) is 55.5 Å². The molecule has 4 rings (SSSR count). The number of nitrogens with two attached hydrogens (primary N) is 1. The van der Waals surface area contributed by atoms with Gasteiger partial charge >= 0.3 is 12.2 Å². The lowest BCUT2D eigenvalue weighted by Gasteiger charge is -2.28. The Bertz CT molecular complexity index is 1380. The van der Waals surface area contributed by atoms with Crippen molar-refractivity contribution in [1.82, 2.24) is 10.2 Å². The molecule has 5 N–H and O–H groups in total. The van der Waals surface area contributed by atoms with Crippen LogP contribution in [0.15, 0.2) is 66.7 Å². The Kier molecular flexibility index (Phi) is 11.0. The number of unbranched alkanes of at least 4 members (excludes halogenated alkanes) is 1. The van der Waals surface area contributed by atoms with Gasteiger partial charge in [-0.25, -0.2) is 9.59 Å². The summed E-state index contributed by atoms with van der Waals surface area (Å²) in [5, 5.41) is 22.1. The lowest BCUT2D eigenvalue weighted by Crippen LogP contribution is -2.53. The Morgan fingerprint density at radius 2 is 1.56 bits per heavy atom. The van der Waals surface area contributed by atoms with Crippen LogP contribution in [0.25, 0.3) is 11.1 Å².